The lowest BCUT2D eigenvalue weighted by molar-refractivity contribution is -0.131. The third-order valence-corrected chi connectivity index (χ3v) is 4.79. The molecule has 0 unspecified atom stereocenters. The maximum Gasteiger partial charge on any atom is 0.253 e. The Morgan fingerprint density at radius 2 is 1.92 bits per heavy atom. The zero-order chi connectivity index (χ0) is 19.3. The highest BCUT2D eigenvalue weighted by Gasteiger charge is 2.33. The molecule has 144 valence electrons. The normalized spacial score (nSPS) is 20.6. The van der Waals surface area contributed by atoms with Crippen molar-refractivity contribution in [2.24, 2.45) is 11.8 Å². The molecule has 0 radical (unpaired) electrons. The number of nitrogens with one attached hydrogen (secondary N) is 2. The molecule has 6 nitrogen and oxygen atoms in total. The lowest BCUT2D eigenvalue weighted by atomic mass is 9.82. The Kier molecular flexibility index (Phi) is 7.14. The second-order valence-electron chi connectivity index (χ2n) is 8.03. The van der Waals surface area contributed by atoms with Crippen LogP contribution in [0.2, 0.25) is 0 Å². The summed E-state index contributed by atoms with van der Waals surface area (Å²) in [4.78, 5) is 28.9. The molecule has 0 spiro atoms. The first kappa shape index (κ1) is 20.4. The Labute approximate surface area is 155 Å². The zero-order valence-electron chi connectivity index (χ0n) is 16.2. The van der Waals surface area contributed by atoms with E-state index in [-0.39, 0.29) is 29.9 Å². The van der Waals surface area contributed by atoms with Crippen molar-refractivity contribution >= 4 is 11.8 Å². The Morgan fingerprint density at radius 3 is 2.50 bits per heavy atom. The second-order valence-corrected chi connectivity index (χ2v) is 8.03. The summed E-state index contributed by atoms with van der Waals surface area (Å²) in [5.41, 5.74) is 1.56. The molecule has 1 saturated carbocycles. The molecule has 0 aliphatic heterocycles. The summed E-state index contributed by atoms with van der Waals surface area (Å²) in [6.07, 6.45) is 4.83. The average Bonchev–Trinajstić information content (AvgIpc) is 2.56. The van der Waals surface area contributed by atoms with Crippen LogP contribution in [0.15, 0.2) is 18.5 Å². The molecule has 1 aliphatic rings. The van der Waals surface area contributed by atoms with E-state index in [4.69, 9.17) is 0 Å². The minimum Gasteiger partial charge on any atom is -0.393 e. The minimum absolute atomic E-state index is 0.0400. The molecule has 1 fully saturated rings. The smallest absolute Gasteiger partial charge is 0.253 e. The van der Waals surface area contributed by atoms with Gasteiger partial charge in [0.1, 0.15) is 0 Å². The molecule has 0 saturated heterocycles. The Bertz CT molecular complexity index is 624. The van der Waals surface area contributed by atoms with Gasteiger partial charge in [-0.3, -0.25) is 14.6 Å². The molecular formula is C20H31N3O3. The maximum atomic E-state index is 12.6. The molecule has 1 heterocycles. The predicted molar refractivity (Wildman–Crippen MR) is 101 cm³/mol. The van der Waals surface area contributed by atoms with Gasteiger partial charge >= 0.3 is 0 Å². The van der Waals surface area contributed by atoms with Crippen LogP contribution in [0.3, 0.4) is 0 Å². The number of carbonyl (C=O) groups excluding carboxylic acids is 2. The number of nitrogens with zero attached hydrogens (tertiary/aromatic N) is 1. The van der Waals surface area contributed by atoms with Crippen LogP contribution >= 0.6 is 0 Å². The van der Waals surface area contributed by atoms with Crippen molar-refractivity contribution in [1.29, 1.82) is 0 Å². The number of carbonyl (C=O) groups is 2. The first-order chi connectivity index (χ1) is 12.3. The molecule has 0 bridgehead atoms. The Morgan fingerprint density at radius 1 is 1.23 bits per heavy atom. The monoisotopic (exact) mass is 361 g/mol. The summed E-state index contributed by atoms with van der Waals surface area (Å²) in [5.74, 6) is 0.384. The van der Waals surface area contributed by atoms with Crippen LogP contribution in [-0.2, 0) is 4.79 Å². The van der Waals surface area contributed by atoms with Crippen molar-refractivity contribution in [3.63, 3.8) is 0 Å². The fraction of sp³-hybridized carbons (Fsp3) is 0.650. The van der Waals surface area contributed by atoms with Gasteiger partial charge in [0.25, 0.3) is 5.91 Å². The molecule has 1 aliphatic carbocycles. The molecule has 0 aromatic carbocycles. The number of aliphatic hydroxyl groups excluding tert-OH is 1. The van der Waals surface area contributed by atoms with Gasteiger partial charge in [-0.25, -0.2) is 0 Å². The fourth-order valence-electron chi connectivity index (χ4n) is 3.10. The summed E-state index contributed by atoms with van der Waals surface area (Å²) in [6.45, 7) is 8.70. The van der Waals surface area contributed by atoms with E-state index < -0.39 is 0 Å². The van der Waals surface area contributed by atoms with Crippen molar-refractivity contribution in [3.8, 4) is 0 Å². The largest absolute Gasteiger partial charge is 0.393 e. The van der Waals surface area contributed by atoms with Crippen LogP contribution in [0.4, 0.5) is 0 Å². The van der Waals surface area contributed by atoms with Gasteiger partial charge in [0.05, 0.1) is 11.7 Å². The number of hydrogen-bond donors (Lipinski definition) is 3. The van der Waals surface area contributed by atoms with E-state index >= 15 is 0 Å². The summed E-state index contributed by atoms with van der Waals surface area (Å²) in [5, 5.41) is 15.3. The number of aromatic nitrogens is 1. The fourth-order valence-corrected chi connectivity index (χ4v) is 3.10. The van der Waals surface area contributed by atoms with E-state index in [1.807, 2.05) is 6.07 Å². The van der Waals surface area contributed by atoms with E-state index in [1.165, 1.54) is 0 Å². The van der Waals surface area contributed by atoms with Crippen LogP contribution in [0, 0.1) is 11.8 Å². The van der Waals surface area contributed by atoms with E-state index in [0.29, 0.717) is 36.8 Å². The van der Waals surface area contributed by atoms with E-state index in [9.17, 15) is 14.7 Å². The highest BCUT2D eigenvalue weighted by molar-refractivity contribution is 5.94. The van der Waals surface area contributed by atoms with Crippen molar-refractivity contribution < 1.29 is 14.7 Å². The predicted octanol–water partition coefficient (Wildman–Crippen LogP) is 2.24. The van der Waals surface area contributed by atoms with Gasteiger partial charge in [-0.1, -0.05) is 27.7 Å². The van der Waals surface area contributed by atoms with Crippen LogP contribution in [0.25, 0.3) is 0 Å². The lowest BCUT2D eigenvalue weighted by Crippen LogP contribution is -2.48. The Hall–Kier alpha value is -1.95. The van der Waals surface area contributed by atoms with Gasteiger partial charge in [0.2, 0.25) is 5.91 Å². The first-order valence-electron chi connectivity index (χ1n) is 9.47. The van der Waals surface area contributed by atoms with Crippen LogP contribution < -0.4 is 10.6 Å². The third kappa shape index (κ3) is 5.80. The van der Waals surface area contributed by atoms with Crippen molar-refractivity contribution in [1.82, 2.24) is 15.6 Å². The average molecular weight is 361 g/mol. The zero-order valence-corrected chi connectivity index (χ0v) is 16.2. The molecule has 2 amide bonds. The van der Waals surface area contributed by atoms with Crippen molar-refractivity contribution in [3.05, 3.63) is 29.6 Å². The van der Waals surface area contributed by atoms with Crippen LogP contribution in [-0.4, -0.2) is 40.6 Å². The molecular weight excluding hydrogens is 330 g/mol. The van der Waals surface area contributed by atoms with Gasteiger partial charge < -0.3 is 15.7 Å². The first-order valence-corrected chi connectivity index (χ1v) is 9.47. The van der Waals surface area contributed by atoms with Gasteiger partial charge in [-0.05, 0) is 42.7 Å². The van der Waals surface area contributed by atoms with E-state index in [1.54, 1.807) is 12.4 Å². The number of hydrogen-bond acceptors (Lipinski definition) is 4. The molecule has 3 N–H and O–H groups in total. The van der Waals surface area contributed by atoms with E-state index in [2.05, 4.69) is 43.3 Å². The summed E-state index contributed by atoms with van der Waals surface area (Å²) >= 11 is 0. The van der Waals surface area contributed by atoms with Crippen LogP contribution in [0.5, 0.6) is 0 Å². The SMILES string of the molecule is CC(C)C[C@@H](CNC(=O)C1CC(O)C1)NC(=O)c1cncc(C(C)C)c1. The van der Waals surface area contributed by atoms with Gasteiger partial charge in [0, 0.05) is 30.9 Å². The highest BCUT2D eigenvalue weighted by atomic mass is 16.3. The van der Waals surface area contributed by atoms with Crippen molar-refractivity contribution in [2.75, 3.05) is 6.54 Å². The molecule has 2 rings (SSSR count). The highest BCUT2D eigenvalue weighted by Crippen LogP contribution is 2.27. The third-order valence-electron chi connectivity index (χ3n) is 4.79. The summed E-state index contributed by atoms with van der Waals surface area (Å²) < 4.78 is 0. The number of aliphatic hydroxyl groups is 1. The van der Waals surface area contributed by atoms with Gasteiger partial charge in [0.15, 0.2) is 0 Å². The van der Waals surface area contributed by atoms with Gasteiger partial charge in [-0.15, -0.1) is 0 Å². The van der Waals surface area contributed by atoms with E-state index in [0.717, 1.165) is 12.0 Å². The van der Waals surface area contributed by atoms with Crippen LogP contribution in [0.1, 0.15) is 68.8 Å². The molecule has 1 aromatic heterocycles. The number of amides is 2. The maximum absolute atomic E-state index is 12.6. The van der Waals surface area contributed by atoms with Crippen molar-refractivity contribution in [2.45, 2.75) is 65.0 Å². The number of pyridine rings is 1. The summed E-state index contributed by atoms with van der Waals surface area (Å²) in [6, 6.07) is 1.73. The molecule has 26 heavy (non-hydrogen) atoms. The molecule has 1 aromatic rings. The van der Waals surface area contributed by atoms with Gasteiger partial charge in [-0.2, -0.15) is 0 Å². The quantitative estimate of drug-likeness (QED) is 0.662. The number of rotatable bonds is 8. The Balaban J connectivity index is 1.94. The standard InChI is InChI=1S/C20H31N3O3/c1-12(2)5-17(11-22-19(25)14-7-18(24)8-14)23-20(26)16-6-15(13(3)4)9-21-10-16/h6,9-10,12-14,17-18,24H,5,7-8,11H2,1-4H3,(H,22,25)(H,23,26)/t14?,17-,18?/m0/s1. The topological polar surface area (TPSA) is 91.3 Å². The second kappa shape index (κ2) is 9.12. The minimum atomic E-state index is -0.349. The molecule has 1 atom stereocenters. The molecule has 6 heteroatoms. The lowest BCUT2D eigenvalue weighted by Gasteiger charge is -2.31. The summed E-state index contributed by atoms with van der Waals surface area (Å²) in [7, 11) is 0.